The van der Waals surface area contributed by atoms with Crippen LogP contribution in [0.25, 0.3) is 0 Å². The quantitative estimate of drug-likeness (QED) is 0.157. The summed E-state index contributed by atoms with van der Waals surface area (Å²) in [5.74, 6) is -1.41. The molecule has 2 aliphatic rings. The molecular formula is C44H64N4O12. The van der Waals surface area contributed by atoms with Gasteiger partial charge in [-0.25, -0.2) is 19.2 Å². The summed E-state index contributed by atoms with van der Waals surface area (Å²) in [7, 11) is 0. The number of carboxylic acids is 1. The van der Waals surface area contributed by atoms with Gasteiger partial charge in [-0.15, -0.1) is 0 Å². The molecule has 2 aromatic carbocycles. The van der Waals surface area contributed by atoms with Gasteiger partial charge in [0.1, 0.15) is 30.0 Å². The Morgan fingerprint density at radius 3 is 1.30 bits per heavy atom. The molecule has 2 aliphatic heterocycles. The predicted molar refractivity (Wildman–Crippen MR) is 222 cm³/mol. The number of likely N-dealkylation sites (tertiary alicyclic amines) is 2. The molecule has 2 heterocycles. The van der Waals surface area contributed by atoms with Crippen molar-refractivity contribution in [3.05, 3.63) is 71.8 Å². The molecule has 2 fully saturated rings. The predicted octanol–water partition coefficient (Wildman–Crippen LogP) is 7.57. The van der Waals surface area contributed by atoms with E-state index in [0.717, 1.165) is 11.1 Å². The van der Waals surface area contributed by atoms with Gasteiger partial charge >= 0.3 is 36.3 Å². The minimum Gasteiger partial charge on any atom is -0.481 e. The van der Waals surface area contributed by atoms with E-state index in [4.69, 9.17) is 23.7 Å². The minimum atomic E-state index is -1.01. The second kappa shape index (κ2) is 22.2. The first-order valence-electron chi connectivity index (χ1n) is 20.3. The van der Waals surface area contributed by atoms with Crippen LogP contribution >= 0.6 is 0 Å². The molecule has 0 bridgehead atoms. The number of carboxylic acid groups (broad SMARTS) is 1. The average Bonchev–Trinajstić information content (AvgIpc) is 3.12. The smallest absolute Gasteiger partial charge is 0.410 e. The van der Waals surface area contributed by atoms with Crippen LogP contribution in [0.3, 0.4) is 0 Å². The van der Waals surface area contributed by atoms with E-state index in [2.05, 4.69) is 10.6 Å². The first-order valence-corrected chi connectivity index (χ1v) is 20.3. The number of hydrogen-bond acceptors (Lipinski definition) is 11. The zero-order valence-electron chi connectivity index (χ0n) is 36.5. The molecule has 3 N–H and O–H groups in total. The number of carbonyl (C=O) groups excluding carboxylic acids is 5. The molecule has 0 unspecified atom stereocenters. The molecule has 16 nitrogen and oxygen atoms in total. The average molecular weight is 841 g/mol. The highest BCUT2D eigenvalue weighted by Gasteiger charge is 2.38. The summed E-state index contributed by atoms with van der Waals surface area (Å²) in [5, 5.41) is 14.8. The zero-order chi connectivity index (χ0) is 44.7. The summed E-state index contributed by atoms with van der Waals surface area (Å²) in [6, 6.07) is 17.2. The Hall–Kier alpha value is -5.54. The lowest BCUT2D eigenvalue weighted by Crippen LogP contribution is -2.53. The molecule has 2 saturated heterocycles. The van der Waals surface area contributed by atoms with Crippen LogP contribution in [0.4, 0.5) is 19.2 Å². The number of rotatable bonds is 10. The Morgan fingerprint density at radius 1 is 0.583 bits per heavy atom. The van der Waals surface area contributed by atoms with Gasteiger partial charge in [-0.05, 0) is 99.1 Å². The van der Waals surface area contributed by atoms with Gasteiger partial charge in [0.25, 0.3) is 0 Å². The molecule has 0 aromatic heterocycles. The van der Waals surface area contributed by atoms with Gasteiger partial charge in [-0.2, -0.15) is 0 Å². The number of aliphatic carboxylic acids is 1. The van der Waals surface area contributed by atoms with Crippen LogP contribution in [0.2, 0.25) is 0 Å². The van der Waals surface area contributed by atoms with Crippen LogP contribution in [0.5, 0.6) is 0 Å². The fraction of sp³-hybridized carbons (Fsp3) is 0.591. The number of esters is 1. The number of piperidine rings is 2. The van der Waals surface area contributed by atoms with Gasteiger partial charge in [0.2, 0.25) is 0 Å². The fourth-order valence-electron chi connectivity index (χ4n) is 6.51. The van der Waals surface area contributed by atoms with E-state index < -0.39 is 65.2 Å². The maximum atomic E-state index is 12.7. The Balaban J connectivity index is 0.000000323. The van der Waals surface area contributed by atoms with Crippen molar-refractivity contribution >= 4 is 36.3 Å². The summed E-state index contributed by atoms with van der Waals surface area (Å²) >= 11 is 0. The summed E-state index contributed by atoms with van der Waals surface area (Å²) in [6.45, 7) is 17.0. The first-order chi connectivity index (χ1) is 28.0. The largest absolute Gasteiger partial charge is 0.481 e. The molecule has 16 heteroatoms. The molecule has 0 spiro atoms. The maximum Gasteiger partial charge on any atom is 0.410 e. The van der Waals surface area contributed by atoms with E-state index in [1.165, 1.54) is 4.90 Å². The Morgan fingerprint density at radius 2 is 0.950 bits per heavy atom. The molecule has 60 heavy (non-hydrogen) atoms. The highest BCUT2D eigenvalue weighted by atomic mass is 16.6. The highest BCUT2D eigenvalue weighted by molar-refractivity contribution is 5.74. The van der Waals surface area contributed by atoms with E-state index in [0.29, 0.717) is 38.8 Å². The van der Waals surface area contributed by atoms with E-state index in [9.17, 15) is 33.9 Å². The number of carbonyl (C=O) groups is 6. The van der Waals surface area contributed by atoms with Crippen molar-refractivity contribution in [3.63, 3.8) is 0 Å². The number of benzene rings is 2. The molecule has 4 amide bonds. The third-order valence-corrected chi connectivity index (χ3v) is 8.99. The SMILES string of the molecule is CC(C)(C)OC(=O)C[C@@H]1C[C@@H](NC(=O)OCc2ccccc2)CCN1C(=O)OC(C)(C)C.CC(C)(C)OC(=O)N1CC[C@H](NC(=O)OCc2ccccc2)C[C@H]1CC(=O)O. The Bertz CT molecular complexity index is 1720. The molecule has 4 rings (SSSR count). The van der Waals surface area contributed by atoms with Crippen LogP contribution in [0.1, 0.15) is 112 Å². The standard InChI is InChI=1S/C24H36N2O6.C20H28N2O6/c1-23(2,3)31-20(27)15-19-14-18(12-13-26(19)22(29)32-24(4,5)6)25-21(28)30-16-17-10-8-7-9-11-17;1-20(2,3)28-19(26)22-10-9-15(11-16(22)12-17(23)24)21-18(25)27-13-14-7-5-4-6-8-14/h7-11,18-19H,12-16H2,1-6H3,(H,25,28);4-8,15-16H,9-13H2,1-3H3,(H,21,25)(H,23,24)/t18-,19-;15-,16-/m00/s1. The maximum absolute atomic E-state index is 12.7. The fourth-order valence-corrected chi connectivity index (χ4v) is 6.51. The molecule has 4 atom stereocenters. The molecule has 332 valence electrons. The number of hydrogen-bond donors (Lipinski definition) is 3. The van der Waals surface area contributed by atoms with Crippen LogP contribution in [-0.4, -0.2) is 105 Å². The number of alkyl carbamates (subject to hydrolysis) is 2. The summed E-state index contributed by atoms with van der Waals surface area (Å²) in [6.07, 6.45) is -0.538. The van der Waals surface area contributed by atoms with E-state index in [1.54, 1.807) is 67.2 Å². The van der Waals surface area contributed by atoms with E-state index in [-0.39, 0.29) is 38.1 Å². The van der Waals surface area contributed by atoms with Crippen LogP contribution < -0.4 is 10.6 Å². The van der Waals surface area contributed by atoms with Crippen molar-refractivity contribution in [2.45, 2.75) is 155 Å². The molecule has 0 saturated carbocycles. The van der Waals surface area contributed by atoms with Gasteiger partial charge in [0.05, 0.1) is 12.8 Å². The topological polar surface area (TPSA) is 199 Å². The van der Waals surface area contributed by atoms with Crippen molar-refractivity contribution in [1.82, 2.24) is 20.4 Å². The molecular weight excluding hydrogens is 776 g/mol. The van der Waals surface area contributed by atoms with Crippen LogP contribution in [0, 0.1) is 0 Å². The van der Waals surface area contributed by atoms with Crippen molar-refractivity contribution in [1.29, 1.82) is 0 Å². The summed E-state index contributed by atoms with van der Waals surface area (Å²) in [5.41, 5.74) is -0.168. The summed E-state index contributed by atoms with van der Waals surface area (Å²) in [4.78, 5) is 76.1. The number of nitrogens with one attached hydrogen (secondary N) is 2. The lowest BCUT2D eigenvalue weighted by Gasteiger charge is -2.39. The highest BCUT2D eigenvalue weighted by Crippen LogP contribution is 2.26. The molecule has 0 aliphatic carbocycles. The Kier molecular flexibility index (Phi) is 18.0. The lowest BCUT2D eigenvalue weighted by atomic mass is 9.95. The summed E-state index contributed by atoms with van der Waals surface area (Å²) < 4.78 is 26.9. The number of ether oxygens (including phenoxy) is 5. The number of amides is 4. The Labute approximate surface area is 353 Å². The lowest BCUT2D eigenvalue weighted by molar-refractivity contribution is -0.156. The third kappa shape index (κ3) is 19.0. The van der Waals surface area contributed by atoms with Crippen LogP contribution in [-0.2, 0) is 46.5 Å². The van der Waals surface area contributed by atoms with Crippen molar-refractivity contribution in [3.8, 4) is 0 Å². The second-order valence-electron chi connectivity index (χ2n) is 17.9. The van der Waals surface area contributed by atoms with Crippen molar-refractivity contribution < 1.29 is 57.6 Å². The van der Waals surface area contributed by atoms with Gasteiger partial charge in [0.15, 0.2) is 0 Å². The normalized spacial score (nSPS) is 19.4. The minimum absolute atomic E-state index is 0.0216. The van der Waals surface area contributed by atoms with Gasteiger partial charge in [-0.3, -0.25) is 9.59 Å². The van der Waals surface area contributed by atoms with Crippen molar-refractivity contribution in [2.75, 3.05) is 13.1 Å². The monoisotopic (exact) mass is 840 g/mol. The second-order valence-corrected chi connectivity index (χ2v) is 17.9. The first kappa shape index (κ1) is 48.8. The van der Waals surface area contributed by atoms with Gasteiger partial charge in [-0.1, -0.05) is 60.7 Å². The zero-order valence-corrected chi connectivity index (χ0v) is 36.5. The van der Waals surface area contributed by atoms with Crippen LogP contribution in [0.15, 0.2) is 60.7 Å². The van der Waals surface area contributed by atoms with Crippen molar-refractivity contribution in [2.24, 2.45) is 0 Å². The molecule has 2 aromatic rings. The van der Waals surface area contributed by atoms with Gasteiger partial charge < -0.3 is 49.2 Å². The van der Waals surface area contributed by atoms with E-state index >= 15 is 0 Å². The molecule has 0 radical (unpaired) electrons. The van der Waals surface area contributed by atoms with E-state index in [1.807, 2.05) is 60.7 Å². The van der Waals surface area contributed by atoms with Gasteiger partial charge in [0, 0.05) is 37.3 Å². The number of nitrogens with zero attached hydrogens (tertiary/aromatic N) is 2. The third-order valence-electron chi connectivity index (χ3n) is 8.99.